The van der Waals surface area contributed by atoms with Gasteiger partial charge in [-0.3, -0.25) is 9.36 Å². The monoisotopic (exact) mass is 398 g/mol. The number of hydrogen-bond acceptors (Lipinski definition) is 2. The molecular weight excluding hydrogens is 394 g/mol. The normalized spacial score (nSPS) is 10.9. The molecule has 15 heavy (non-hydrogen) atoms. The van der Waals surface area contributed by atoms with Crippen LogP contribution >= 0.6 is 50.1 Å². The maximum Gasteiger partial charge on any atom is 0.262 e. The fourth-order valence-electron chi connectivity index (χ4n) is 1.27. The Labute approximate surface area is 113 Å². The largest absolute Gasteiger partial charge is 0.286 e. The van der Waals surface area contributed by atoms with Crippen LogP contribution in [0.15, 0.2) is 21.4 Å². The predicted octanol–water partition coefficient (Wildman–Crippen LogP) is 2.95. The first kappa shape index (κ1) is 11.3. The zero-order valence-corrected chi connectivity index (χ0v) is 12.1. The third-order valence-electron chi connectivity index (χ3n) is 2.04. The highest BCUT2D eigenvalue weighted by atomic mass is 127. The number of rotatable bonds is 0. The van der Waals surface area contributed by atoms with Crippen molar-refractivity contribution in [2.75, 3.05) is 0 Å². The first-order valence-corrected chi connectivity index (χ1v) is 6.27. The topological polar surface area (TPSA) is 34.9 Å². The third kappa shape index (κ3) is 1.92. The minimum atomic E-state index is -0.135. The summed E-state index contributed by atoms with van der Waals surface area (Å²) in [4.78, 5) is 16.0. The molecule has 6 heteroatoms. The number of hydrogen-bond donors (Lipinski definition) is 0. The molecule has 0 bridgehead atoms. The average molecular weight is 399 g/mol. The summed E-state index contributed by atoms with van der Waals surface area (Å²) in [6, 6.07) is 3.65. The molecule has 0 fully saturated rings. The van der Waals surface area contributed by atoms with Gasteiger partial charge in [0.1, 0.15) is 0 Å². The van der Waals surface area contributed by atoms with Crippen molar-refractivity contribution in [1.82, 2.24) is 9.55 Å². The molecule has 0 saturated carbocycles. The molecule has 3 nitrogen and oxygen atoms in total. The van der Waals surface area contributed by atoms with E-state index in [9.17, 15) is 4.79 Å². The maximum absolute atomic E-state index is 11.9. The van der Waals surface area contributed by atoms with Gasteiger partial charge in [0.25, 0.3) is 5.56 Å². The van der Waals surface area contributed by atoms with Gasteiger partial charge in [-0.05, 0) is 46.3 Å². The van der Waals surface area contributed by atoms with E-state index in [2.05, 4.69) is 43.5 Å². The van der Waals surface area contributed by atoms with Gasteiger partial charge in [0.2, 0.25) is 5.28 Å². The molecule has 0 saturated heterocycles. The van der Waals surface area contributed by atoms with Crippen molar-refractivity contribution < 1.29 is 0 Å². The van der Waals surface area contributed by atoms with Crippen molar-refractivity contribution in [3.63, 3.8) is 0 Å². The van der Waals surface area contributed by atoms with Crippen molar-refractivity contribution in [2.45, 2.75) is 0 Å². The minimum Gasteiger partial charge on any atom is -0.286 e. The zero-order chi connectivity index (χ0) is 11.2. The molecule has 0 unspecified atom stereocenters. The SMILES string of the molecule is Cn1c(Cl)nc2c(I)cc(Br)cc2c1=O. The zero-order valence-electron chi connectivity index (χ0n) is 7.59. The van der Waals surface area contributed by atoms with Crippen molar-refractivity contribution >= 4 is 61.0 Å². The second-order valence-corrected chi connectivity index (χ2v) is 5.44. The van der Waals surface area contributed by atoms with E-state index in [1.807, 2.05) is 6.07 Å². The first-order valence-electron chi connectivity index (χ1n) is 4.02. The Bertz CT molecular complexity index is 611. The lowest BCUT2D eigenvalue weighted by atomic mass is 10.2. The predicted molar refractivity (Wildman–Crippen MR) is 72.4 cm³/mol. The summed E-state index contributed by atoms with van der Waals surface area (Å²) in [7, 11) is 1.60. The van der Waals surface area contributed by atoms with Gasteiger partial charge in [0.05, 0.1) is 10.9 Å². The highest BCUT2D eigenvalue weighted by molar-refractivity contribution is 14.1. The number of aromatic nitrogens is 2. The molecule has 0 atom stereocenters. The standard InChI is InChI=1S/C9H5BrClIN2O/c1-14-8(15)5-2-4(10)3-6(12)7(5)13-9(14)11/h2-3H,1H3. The van der Waals surface area contributed by atoms with Gasteiger partial charge in [-0.2, -0.15) is 0 Å². The van der Waals surface area contributed by atoms with Crippen LogP contribution in [0.5, 0.6) is 0 Å². The Morgan fingerprint density at radius 3 is 2.87 bits per heavy atom. The molecule has 0 aliphatic carbocycles. The third-order valence-corrected chi connectivity index (χ3v) is 3.66. The van der Waals surface area contributed by atoms with Gasteiger partial charge in [0, 0.05) is 15.1 Å². The second-order valence-electron chi connectivity index (χ2n) is 3.03. The van der Waals surface area contributed by atoms with E-state index in [1.54, 1.807) is 13.1 Å². The van der Waals surface area contributed by atoms with Crippen LogP contribution in [0.4, 0.5) is 0 Å². The smallest absolute Gasteiger partial charge is 0.262 e. The lowest BCUT2D eigenvalue weighted by Crippen LogP contribution is -2.19. The molecule has 0 radical (unpaired) electrons. The number of benzene rings is 1. The Morgan fingerprint density at radius 1 is 1.53 bits per heavy atom. The quantitative estimate of drug-likeness (QED) is 0.504. The van der Waals surface area contributed by atoms with Crippen LogP contribution in [0.1, 0.15) is 0 Å². The molecule has 0 N–H and O–H groups in total. The van der Waals surface area contributed by atoms with E-state index in [0.717, 1.165) is 8.04 Å². The van der Waals surface area contributed by atoms with E-state index in [-0.39, 0.29) is 10.8 Å². The Morgan fingerprint density at radius 2 is 2.20 bits per heavy atom. The number of fused-ring (bicyclic) bond motifs is 1. The summed E-state index contributed by atoms with van der Waals surface area (Å²) >= 11 is 11.3. The molecule has 0 spiro atoms. The summed E-state index contributed by atoms with van der Waals surface area (Å²) in [5, 5.41) is 0.772. The Kier molecular flexibility index (Phi) is 3.05. The van der Waals surface area contributed by atoms with E-state index in [1.165, 1.54) is 4.57 Å². The second kappa shape index (κ2) is 4.03. The minimum absolute atomic E-state index is 0.135. The van der Waals surface area contributed by atoms with Crippen molar-refractivity contribution in [3.8, 4) is 0 Å². The summed E-state index contributed by atoms with van der Waals surface area (Å²) in [5.41, 5.74) is 0.510. The fourth-order valence-corrected chi connectivity index (χ4v) is 3.07. The van der Waals surface area contributed by atoms with E-state index >= 15 is 0 Å². The van der Waals surface area contributed by atoms with Crippen LogP contribution in [0, 0.1) is 3.57 Å². The van der Waals surface area contributed by atoms with Gasteiger partial charge in [0.15, 0.2) is 0 Å². The molecule has 78 valence electrons. The highest BCUT2D eigenvalue weighted by Gasteiger charge is 2.09. The molecule has 0 aliphatic heterocycles. The molecule has 1 aromatic carbocycles. The van der Waals surface area contributed by atoms with Crippen LogP contribution in [0.3, 0.4) is 0 Å². The first-order chi connectivity index (χ1) is 7.00. The summed E-state index contributed by atoms with van der Waals surface area (Å²) in [6.07, 6.45) is 0. The molecule has 2 rings (SSSR count). The molecule has 0 aliphatic rings. The Hall–Kier alpha value is -0.140. The number of nitrogens with zero attached hydrogens (tertiary/aromatic N) is 2. The Balaban J connectivity index is 3.06. The molecule has 1 aromatic heterocycles. The van der Waals surface area contributed by atoms with Gasteiger partial charge in [-0.15, -0.1) is 0 Å². The van der Waals surface area contributed by atoms with Crippen LogP contribution < -0.4 is 5.56 Å². The van der Waals surface area contributed by atoms with Gasteiger partial charge < -0.3 is 0 Å². The summed E-state index contributed by atoms with van der Waals surface area (Å²) < 4.78 is 3.09. The summed E-state index contributed by atoms with van der Waals surface area (Å²) in [5.74, 6) is 0. The van der Waals surface area contributed by atoms with E-state index < -0.39 is 0 Å². The number of halogens is 3. The van der Waals surface area contributed by atoms with Gasteiger partial charge in [-0.1, -0.05) is 15.9 Å². The lowest BCUT2D eigenvalue weighted by Gasteiger charge is -2.05. The van der Waals surface area contributed by atoms with Crippen LogP contribution in [-0.4, -0.2) is 9.55 Å². The van der Waals surface area contributed by atoms with Crippen LogP contribution in [0.2, 0.25) is 5.28 Å². The molecule has 2 aromatic rings. The summed E-state index contributed by atoms with van der Waals surface area (Å²) in [6.45, 7) is 0. The van der Waals surface area contributed by atoms with Crippen LogP contribution in [0.25, 0.3) is 10.9 Å². The van der Waals surface area contributed by atoms with Gasteiger partial charge in [-0.25, -0.2) is 4.98 Å². The molecular formula is C9H5BrClIN2O. The van der Waals surface area contributed by atoms with Crippen molar-refractivity contribution in [1.29, 1.82) is 0 Å². The molecule has 0 amide bonds. The fraction of sp³-hybridized carbons (Fsp3) is 0.111. The molecule has 1 heterocycles. The highest BCUT2D eigenvalue weighted by Crippen LogP contribution is 2.23. The lowest BCUT2D eigenvalue weighted by molar-refractivity contribution is 0.844. The van der Waals surface area contributed by atoms with E-state index in [0.29, 0.717) is 10.9 Å². The van der Waals surface area contributed by atoms with Gasteiger partial charge >= 0.3 is 0 Å². The van der Waals surface area contributed by atoms with E-state index in [4.69, 9.17) is 11.6 Å². The van der Waals surface area contributed by atoms with Crippen LogP contribution in [-0.2, 0) is 7.05 Å². The van der Waals surface area contributed by atoms with Crippen molar-refractivity contribution in [3.05, 3.63) is 35.8 Å². The van der Waals surface area contributed by atoms with Crippen molar-refractivity contribution in [2.24, 2.45) is 7.05 Å². The average Bonchev–Trinajstić information content (AvgIpc) is 2.17. The maximum atomic E-state index is 11.9.